The van der Waals surface area contributed by atoms with Gasteiger partial charge in [0.15, 0.2) is 0 Å². The number of nitrogens with two attached hydrogens (primary N) is 1. The van der Waals surface area contributed by atoms with Gasteiger partial charge >= 0.3 is 5.97 Å². The van der Waals surface area contributed by atoms with Gasteiger partial charge in [-0.15, -0.1) is 0 Å². The number of methoxy groups -OCH3 is 1. The van der Waals surface area contributed by atoms with E-state index in [2.05, 4.69) is 9.84 Å². The first kappa shape index (κ1) is 12.0. The highest BCUT2D eigenvalue weighted by Gasteiger charge is 2.17. The molecule has 0 atom stereocenters. The van der Waals surface area contributed by atoms with E-state index in [4.69, 9.17) is 5.73 Å². The van der Waals surface area contributed by atoms with Crippen molar-refractivity contribution in [2.45, 2.75) is 6.92 Å². The summed E-state index contributed by atoms with van der Waals surface area (Å²) >= 11 is 0. The smallest absolute Gasteiger partial charge is 0.343 e. The number of anilines is 1. The number of nitrogen functional groups attached to an aromatic ring is 1. The van der Waals surface area contributed by atoms with Crippen LogP contribution in [0.2, 0.25) is 0 Å². The second-order valence-electron chi connectivity index (χ2n) is 3.84. The number of aromatic nitrogens is 2. The zero-order valence-electron chi connectivity index (χ0n) is 10.0. The second-order valence-corrected chi connectivity index (χ2v) is 3.84. The largest absolute Gasteiger partial charge is 0.506 e. The average Bonchev–Trinajstić information content (AvgIpc) is 2.73. The lowest BCUT2D eigenvalue weighted by atomic mass is 10.2. The van der Waals surface area contributed by atoms with Gasteiger partial charge in [-0.05, 0) is 24.6 Å². The third-order valence-corrected chi connectivity index (χ3v) is 2.57. The van der Waals surface area contributed by atoms with Crippen LogP contribution in [0.25, 0.3) is 5.69 Å². The van der Waals surface area contributed by atoms with Crippen LogP contribution in [0.5, 0.6) is 5.75 Å². The summed E-state index contributed by atoms with van der Waals surface area (Å²) in [6.45, 7) is 1.88. The Morgan fingerprint density at radius 2 is 2.22 bits per heavy atom. The maximum absolute atomic E-state index is 11.4. The Kier molecular flexibility index (Phi) is 2.93. The minimum Gasteiger partial charge on any atom is -0.506 e. The van der Waals surface area contributed by atoms with Crippen LogP contribution in [-0.4, -0.2) is 28.0 Å². The second kappa shape index (κ2) is 4.40. The number of nitrogens with zero attached hydrogens (tertiary/aromatic N) is 2. The molecular formula is C12H13N3O3. The molecule has 0 amide bonds. The number of carbonyl (C=O) groups is 1. The van der Waals surface area contributed by atoms with Gasteiger partial charge in [0.05, 0.1) is 13.3 Å². The maximum Gasteiger partial charge on any atom is 0.343 e. The summed E-state index contributed by atoms with van der Waals surface area (Å²) in [6.07, 6.45) is 1.31. The standard InChI is InChI=1S/C12H13N3O3/c1-7-3-4-10(16)9(5-7)15-11(13)8(6-14-15)12(17)18-2/h3-6,16H,13H2,1-2H3. The third-order valence-electron chi connectivity index (χ3n) is 2.57. The van der Waals surface area contributed by atoms with E-state index in [9.17, 15) is 9.90 Å². The number of aromatic hydroxyl groups is 1. The number of ether oxygens (including phenoxy) is 1. The highest BCUT2D eigenvalue weighted by atomic mass is 16.5. The van der Waals surface area contributed by atoms with E-state index in [1.807, 2.05) is 6.92 Å². The number of carbonyl (C=O) groups excluding carboxylic acids is 1. The molecule has 0 bridgehead atoms. The molecule has 0 aliphatic heterocycles. The lowest BCUT2D eigenvalue weighted by Crippen LogP contribution is -2.07. The topological polar surface area (TPSA) is 90.4 Å². The van der Waals surface area contributed by atoms with E-state index in [0.29, 0.717) is 5.69 Å². The Balaban J connectivity index is 2.55. The predicted octanol–water partition coefficient (Wildman–Crippen LogP) is 1.26. The molecule has 0 radical (unpaired) electrons. The molecule has 0 saturated heterocycles. The first-order valence-corrected chi connectivity index (χ1v) is 5.26. The fraction of sp³-hybridized carbons (Fsp3) is 0.167. The number of phenolic OH excluding ortho intramolecular Hbond substituents is 1. The van der Waals surface area contributed by atoms with Crippen LogP contribution in [0, 0.1) is 6.92 Å². The number of phenols is 1. The highest BCUT2D eigenvalue weighted by Crippen LogP contribution is 2.26. The predicted molar refractivity (Wildman–Crippen MR) is 65.7 cm³/mol. The van der Waals surface area contributed by atoms with Crippen molar-refractivity contribution in [2.24, 2.45) is 0 Å². The van der Waals surface area contributed by atoms with Crippen LogP contribution in [0.4, 0.5) is 5.82 Å². The molecule has 0 fully saturated rings. The van der Waals surface area contributed by atoms with Gasteiger partial charge in [0, 0.05) is 0 Å². The van der Waals surface area contributed by atoms with Crippen molar-refractivity contribution in [1.82, 2.24) is 9.78 Å². The Labute approximate surface area is 104 Å². The van der Waals surface area contributed by atoms with Crippen LogP contribution in [-0.2, 0) is 4.74 Å². The van der Waals surface area contributed by atoms with Crippen molar-refractivity contribution < 1.29 is 14.6 Å². The molecular weight excluding hydrogens is 234 g/mol. The molecule has 0 saturated carbocycles. The van der Waals surface area contributed by atoms with Crippen molar-refractivity contribution >= 4 is 11.8 Å². The van der Waals surface area contributed by atoms with Gasteiger partial charge in [0.2, 0.25) is 0 Å². The molecule has 0 unspecified atom stereocenters. The zero-order chi connectivity index (χ0) is 13.3. The molecule has 1 aromatic heterocycles. The summed E-state index contributed by atoms with van der Waals surface area (Å²) in [4.78, 5) is 11.4. The van der Waals surface area contributed by atoms with Crippen LogP contribution < -0.4 is 5.73 Å². The fourth-order valence-electron chi connectivity index (χ4n) is 1.62. The Bertz CT molecular complexity index is 605. The van der Waals surface area contributed by atoms with Crippen LogP contribution in [0.1, 0.15) is 15.9 Å². The van der Waals surface area contributed by atoms with E-state index < -0.39 is 5.97 Å². The Morgan fingerprint density at radius 3 is 2.89 bits per heavy atom. The molecule has 2 aromatic rings. The summed E-state index contributed by atoms with van der Waals surface area (Å²) in [5.41, 5.74) is 7.35. The van der Waals surface area contributed by atoms with Crippen molar-refractivity contribution in [3.05, 3.63) is 35.5 Å². The minimum absolute atomic E-state index is 0.0341. The molecule has 2 rings (SSSR count). The lowest BCUT2D eigenvalue weighted by molar-refractivity contribution is 0.0602. The Hall–Kier alpha value is -2.50. The van der Waals surface area contributed by atoms with Crippen LogP contribution in [0.15, 0.2) is 24.4 Å². The van der Waals surface area contributed by atoms with Gasteiger partial charge in [0.25, 0.3) is 0 Å². The van der Waals surface area contributed by atoms with E-state index in [1.54, 1.807) is 18.2 Å². The van der Waals surface area contributed by atoms with Crippen molar-refractivity contribution in [1.29, 1.82) is 0 Å². The van der Waals surface area contributed by atoms with Gasteiger partial charge in [-0.1, -0.05) is 6.07 Å². The third kappa shape index (κ3) is 1.88. The maximum atomic E-state index is 11.4. The average molecular weight is 247 g/mol. The molecule has 3 N–H and O–H groups in total. The van der Waals surface area contributed by atoms with E-state index in [-0.39, 0.29) is 17.1 Å². The van der Waals surface area contributed by atoms with Crippen molar-refractivity contribution in [3.8, 4) is 11.4 Å². The summed E-state index contributed by atoms with van der Waals surface area (Å²) in [6, 6.07) is 5.03. The molecule has 6 nitrogen and oxygen atoms in total. The fourth-order valence-corrected chi connectivity index (χ4v) is 1.62. The quantitative estimate of drug-likeness (QED) is 0.779. The van der Waals surface area contributed by atoms with Crippen molar-refractivity contribution in [3.63, 3.8) is 0 Å². The first-order chi connectivity index (χ1) is 8.54. The van der Waals surface area contributed by atoms with Crippen LogP contribution >= 0.6 is 0 Å². The van der Waals surface area contributed by atoms with Gasteiger partial charge in [-0.3, -0.25) is 0 Å². The molecule has 0 aliphatic carbocycles. The number of hydrogen-bond acceptors (Lipinski definition) is 5. The highest BCUT2D eigenvalue weighted by molar-refractivity contribution is 5.94. The van der Waals surface area contributed by atoms with E-state index in [1.165, 1.54) is 18.0 Å². The molecule has 1 heterocycles. The zero-order valence-corrected chi connectivity index (χ0v) is 10.0. The lowest BCUT2D eigenvalue weighted by Gasteiger charge is -2.08. The molecule has 0 aliphatic rings. The number of benzene rings is 1. The first-order valence-electron chi connectivity index (χ1n) is 5.26. The summed E-state index contributed by atoms with van der Waals surface area (Å²) < 4.78 is 5.89. The summed E-state index contributed by atoms with van der Waals surface area (Å²) in [5, 5.41) is 13.8. The molecule has 1 aromatic carbocycles. The number of rotatable bonds is 2. The van der Waals surface area contributed by atoms with E-state index in [0.717, 1.165) is 5.56 Å². The molecule has 6 heteroatoms. The monoisotopic (exact) mass is 247 g/mol. The van der Waals surface area contributed by atoms with Crippen molar-refractivity contribution in [2.75, 3.05) is 12.8 Å². The Morgan fingerprint density at radius 1 is 1.50 bits per heavy atom. The van der Waals surface area contributed by atoms with Gasteiger partial charge in [0.1, 0.15) is 22.8 Å². The number of esters is 1. The molecule has 94 valence electrons. The van der Waals surface area contributed by atoms with Gasteiger partial charge in [-0.2, -0.15) is 5.10 Å². The number of aryl methyl sites for hydroxylation is 1. The van der Waals surface area contributed by atoms with Gasteiger partial charge < -0.3 is 15.6 Å². The normalized spacial score (nSPS) is 10.3. The number of hydrogen-bond donors (Lipinski definition) is 2. The SMILES string of the molecule is COC(=O)c1cnn(-c2cc(C)ccc2O)c1N. The van der Waals surface area contributed by atoms with E-state index >= 15 is 0 Å². The molecule has 0 spiro atoms. The molecule has 18 heavy (non-hydrogen) atoms. The summed E-state index contributed by atoms with van der Waals surface area (Å²) in [5.74, 6) is -0.402. The van der Waals surface area contributed by atoms with Crippen LogP contribution in [0.3, 0.4) is 0 Å². The van der Waals surface area contributed by atoms with Gasteiger partial charge in [-0.25, -0.2) is 9.48 Å². The minimum atomic E-state index is -0.564. The summed E-state index contributed by atoms with van der Waals surface area (Å²) in [7, 11) is 1.27.